The minimum absolute atomic E-state index is 0.0844. The zero-order valence-electron chi connectivity index (χ0n) is 10.4. The monoisotopic (exact) mass is 219 g/mol. The van der Waals surface area contributed by atoms with Gasteiger partial charge in [-0.05, 0) is 17.9 Å². The first kappa shape index (κ1) is 12.8. The van der Waals surface area contributed by atoms with E-state index in [1.165, 1.54) is 5.56 Å². The second-order valence-corrected chi connectivity index (χ2v) is 4.29. The summed E-state index contributed by atoms with van der Waals surface area (Å²) in [4.78, 5) is 5.55. The highest BCUT2D eigenvalue weighted by Gasteiger charge is 2.10. The molecule has 1 aromatic rings. The predicted molar refractivity (Wildman–Crippen MR) is 68.5 cm³/mol. The summed E-state index contributed by atoms with van der Waals surface area (Å²) in [7, 11) is 0. The first-order chi connectivity index (χ1) is 7.74. The Morgan fingerprint density at radius 3 is 2.50 bits per heavy atom. The molecule has 0 saturated heterocycles. The van der Waals surface area contributed by atoms with Crippen LogP contribution in [0.2, 0.25) is 0 Å². The van der Waals surface area contributed by atoms with Crippen LogP contribution in [0.3, 0.4) is 0 Å². The van der Waals surface area contributed by atoms with Gasteiger partial charge in [0.25, 0.3) is 0 Å². The summed E-state index contributed by atoms with van der Waals surface area (Å²) >= 11 is 0. The molecule has 0 fully saturated rings. The van der Waals surface area contributed by atoms with Crippen LogP contribution in [0.1, 0.15) is 45.3 Å². The van der Waals surface area contributed by atoms with Crippen molar-refractivity contribution in [1.82, 2.24) is 0 Å². The summed E-state index contributed by atoms with van der Waals surface area (Å²) in [5.41, 5.74) is 1.20. The molecule has 0 aromatic heterocycles. The average molecular weight is 219 g/mol. The van der Waals surface area contributed by atoms with Crippen molar-refractivity contribution in [3.05, 3.63) is 35.9 Å². The second-order valence-electron chi connectivity index (χ2n) is 4.29. The molecule has 2 heteroatoms. The van der Waals surface area contributed by atoms with Gasteiger partial charge in [0, 0.05) is 6.21 Å². The van der Waals surface area contributed by atoms with Gasteiger partial charge in [0.15, 0.2) is 6.10 Å². The minimum Gasteiger partial charge on any atom is -0.388 e. The largest absolute Gasteiger partial charge is 0.388 e. The lowest BCUT2D eigenvalue weighted by molar-refractivity contribution is 0.0519. The zero-order chi connectivity index (χ0) is 11.8. The molecule has 0 radical (unpaired) electrons. The highest BCUT2D eigenvalue weighted by Crippen LogP contribution is 2.22. The third-order valence-electron chi connectivity index (χ3n) is 2.27. The quantitative estimate of drug-likeness (QED) is 0.519. The van der Waals surface area contributed by atoms with Crippen molar-refractivity contribution in [2.45, 2.75) is 39.7 Å². The van der Waals surface area contributed by atoms with Crippen LogP contribution in [0.25, 0.3) is 0 Å². The van der Waals surface area contributed by atoms with E-state index in [0.29, 0.717) is 5.92 Å². The zero-order valence-corrected chi connectivity index (χ0v) is 10.4. The van der Waals surface area contributed by atoms with E-state index in [-0.39, 0.29) is 6.10 Å². The van der Waals surface area contributed by atoms with Crippen molar-refractivity contribution in [3.8, 4) is 0 Å². The van der Waals surface area contributed by atoms with Gasteiger partial charge in [-0.25, -0.2) is 0 Å². The number of benzene rings is 1. The fourth-order valence-electron chi connectivity index (χ4n) is 1.44. The third kappa shape index (κ3) is 4.47. The van der Waals surface area contributed by atoms with Crippen LogP contribution in [0.15, 0.2) is 35.5 Å². The highest BCUT2D eigenvalue weighted by atomic mass is 16.6. The number of hydrogen-bond acceptors (Lipinski definition) is 2. The first-order valence-electron chi connectivity index (χ1n) is 5.98. The van der Waals surface area contributed by atoms with Crippen molar-refractivity contribution < 1.29 is 4.84 Å². The fraction of sp³-hybridized carbons (Fsp3) is 0.500. The maximum atomic E-state index is 5.55. The van der Waals surface area contributed by atoms with E-state index < -0.39 is 0 Å². The molecule has 1 aromatic carbocycles. The van der Waals surface area contributed by atoms with E-state index >= 15 is 0 Å². The van der Waals surface area contributed by atoms with Crippen molar-refractivity contribution >= 4 is 6.21 Å². The SMILES string of the molecule is CCC[C@@H](O/N=C/C(C)C)c1ccccc1. The molecule has 0 heterocycles. The summed E-state index contributed by atoms with van der Waals surface area (Å²) in [6.07, 6.45) is 4.02. The predicted octanol–water partition coefficient (Wildman–Crippen LogP) is 4.19. The minimum atomic E-state index is 0.0844. The fourth-order valence-corrected chi connectivity index (χ4v) is 1.44. The molecule has 0 spiro atoms. The Balaban J connectivity index is 2.61. The summed E-state index contributed by atoms with van der Waals surface area (Å²) in [6.45, 7) is 6.33. The Hall–Kier alpha value is -1.31. The molecule has 0 aliphatic heterocycles. The lowest BCUT2D eigenvalue weighted by Crippen LogP contribution is -2.01. The maximum Gasteiger partial charge on any atom is 0.152 e. The van der Waals surface area contributed by atoms with E-state index in [1.807, 2.05) is 24.4 Å². The maximum absolute atomic E-state index is 5.55. The normalized spacial score (nSPS) is 13.2. The van der Waals surface area contributed by atoms with Gasteiger partial charge < -0.3 is 4.84 Å². The number of hydrogen-bond donors (Lipinski definition) is 0. The molecule has 16 heavy (non-hydrogen) atoms. The van der Waals surface area contributed by atoms with Crippen LogP contribution in [0.5, 0.6) is 0 Å². The lowest BCUT2D eigenvalue weighted by Gasteiger charge is -2.14. The Bertz CT molecular complexity index is 306. The van der Waals surface area contributed by atoms with Crippen LogP contribution < -0.4 is 0 Å². The molecule has 0 amide bonds. The van der Waals surface area contributed by atoms with Gasteiger partial charge in [0.05, 0.1) is 0 Å². The summed E-state index contributed by atoms with van der Waals surface area (Å²) < 4.78 is 0. The first-order valence-corrected chi connectivity index (χ1v) is 5.98. The smallest absolute Gasteiger partial charge is 0.152 e. The van der Waals surface area contributed by atoms with E-state index in [2.05, 4.69) is 38.1 Å². The van der Waals surface area contributed by atoms with Gasteiger partial charge >= 0.3 is 0 Å². The molecule has 2 nitrogen and oxygen atoms in total. The number of rotatable bonds is 6. The molecule has 0 aliphatic rings. The molecule has 0 bridgehead atoms. The van der Waals surface area contributed by atoms with Crippen molar-refractivity contribution in [3.63, 3.8) is 0 Å². The van der Waals surface area contributed by atoms with Crippen LogP contribution >= 0.6 is 0 Å². The molecule has 0 unspecified atom stereocenters. The van der Waals surface area contributed by atoms with Gasteiger partial charge in [-0.3, -0.25) is 0 Å². The Morgan fingerprint density at radius 1 is 1.25 bits per heavy atom. The summed E-state index contributed by atoms with van der Waals surface area (Å²) in [5, 5.41) is 4.04. The summed E-state index contributed by atoms with van der Waals surface area (Å²) in [6, 6.07) is 10.3. The Kier molecular flexibility index (Phi) is 5.62. The van der Waals surface area contributed by atoms with Gasteiger partial charge in [-0.1, -0.05) is 62.7 Å². The van der Waals surface area contributed by atoms with Crippen molar-refractivity contribution in [1.29, 1.82) is 0 Å². The number of nitrogens with zero attached hydrogens (tertiary/aromatic N) is 1. The van der Waals surface area contributed by atoms with Crippen molar-refractivity contribution in [2.24, 2.45) is 11.1 Å². The molecule has 88 valence electrons. The summed E-state index contributed by atoms with van der Waals surface area (Å²) in [5.74, 6) is 0.429. The molecule has 0 saturated carbocycles. The Labute approximate surface area is 98.3 Å². The highest BCUT2D eigenvalue weighted by molar-refractivity contribution is 5.58. The number of oxime groups is 1. The van der Waals surface area contributed by atoms with E-state index in [4.69, 9.17) is 4.84 Å². The van der Waals surface area contributed by atoms with E-state index in [9.17, 15) is 0 Å². The third-order valence-corrected chi connectivity index (χ3v) is 2.27. The molecule has 1 rings (SSSR count). The van der Waals surface area contributed by atoms with Crippen LogP contribution in [-0.4, -0.2) is 6.21 Å². The molecular weight excluding hydrogens is 198 g/mol. The van der Waals surface area contributed by atoms with Gasteiger partial charge in [-0.15, -0.1) is 0 Å². The molecule has 0 N–H and O–H groups in total. The molecule has 0 aliphatic carbocycles. The van der Waals surface area contributed by atoms with Gasteiger partial charge in [0.2, 0.25) is 0 Å². The lowest BCUT2D eigenvalue weighted by atomic mass is 10.1. The van der Waals surface area contributed by atoms with Crippen molar-refractivity contribution in [2.75, 3.05) is 0 Å². The average Bonchev–Trinajstić information content (AvgIpc) is 2.29. The Morgan fingerprint density at radius 2 is 1.94 bits per heavy atom. The molecule has 1 atom stereocenters. The standard InChI is InChI=1S/C14H21NO/c1-4-8-14(16-15-11-12(2)3)13-9-6-5-7-10-13/h5-7,9-12,14H,4,8H2,1-3H3/b15-11+/t14-/m1/s1. The molecular formula is C14H21NO. The van der Waals surface area contributed by atoms with E-state index in [0.717, 1.165) is 12.8 Å². The second kappa shape index (κ2) is 7.04. The topological polar surface area (TPSA) is 21.6 Å². The van der Waals surface area contributed by atoms with E-state index in [1.54, 1.807) is 0 Å². The van der Waals surface area contributed by atoms with Crippen LogP contribution in [0, 0.1) is 5.92 Å². The van der Waals surface area contributed by atoms with Crippen LogP contribution in [0.4, 0.5) is 0 Å². The van der Waals surface area contributed by atoms with Crippen LogP contribution in [-0.2, 0) is 4.84 Å². The van der Waals surface area contributed by atoms with Gasteiger partial charge in [0.1, 0.15) is 0 Å². The van der Waals surface area contributed by atoms with Gasteiger partial charge in [-0.2, -0.15) is 0 Å².